The summed E-state index contributed by atoms with van der Waals surface area (Å²) >= 11 is 0. The topological polar surface area (TPSA) is 61.4 Å². The number of likely N-dealkylation sites (N-methyl/N-ethyl adjacent to an activating group) is 1. The number of guanidine groups is 1. The molecular formula is C23H42IN5O2. The Labute approximate surface area is 206 Å². The molecule has 31 heavy (non-hydrogen) atoms. The van der Waals surface area contributed by atoms with Crippen LogP contribution in [0.5, 0.6) is 5.75 Å². The van der Waals surface area contributed by atoms with Crippen molar-refractivity contribution in [2.75, 3.05) is 74.2 Å². The van der Waals surface area contributed by atoms with Gasteiger partial charge in [-0.1, -0.05) is 24.6 Å². The highest BCUT2D eigenvalue weighted by Crippen LogP contribution is 2.30. The van der Waals surface area contributed by atoms with E-state index in [-0.39, 0.29) is 30.0 Å². The minimum atomic E-state index is 0. The van der Waals surface area contributed by atoms with Crippen molar-refractivity contribution in [1.29, 1.82) is 0 Å². The number of methoxy groups -OCH3 is 2. The Kier molecular flexibility index (Phi) is 14.9. The zero-order valence-electron chi connectivity index (χ0n) is 19.7. The third-order valence-electron chi connectivity index (χ3n) is 5.69. The number of aliphatic imine (C=N–C) groups is 1. The maximum Gasteiger partial charge on any atom is 0.191 e. The largest absolute Gasteiger partial charge is 0.496 e. The van der Waals surface area contributed by atoms with E-state index >= 15 is 0 Å². The third kappa shape index (κ3) is 9.93. The standard InChI is InChI=1S/C23H41N5O2.HI/c1-24-23(25-13-17-27(2)14-10-18-29-3)26-19-21(28-15-8-5-9-16-28)20-11-6-7-12-22(20)30-4;/h6-7,11-12,21H,5,8-10,13-19H2,1-4H3,(H2,24,25,26);1H. The first kappa shape index (κ1) is 27.9. The molecule has 1 aromatic carbocycles. The number of likely N-dealkylation sites (tertiary alicyclic amines) is 1. The zero-order valence-corrected chi connectivity index (χ0v) is 22.1. The molecule has 1 saturated heterocycles. The molecule has 1 aliphatic rings. The van der Waals surface area contributed by atoms with Gasteiger partial charge in [0.05, 0.1) is 13.2 Å². The van der Waals surface area contributed by atoms with E-state index in [4.69, 9.17) is 9.47 Å². The van der Waals surface area contributed by atoms with Gasteiger partial charge in [-0.25, -0.2) is 0 Å². The number of rotatable bonds is 12. The minimum absolute atomic E-state index is 0. The van der Waals surface area contributed by atoms with E-state index in [1.54, 1.807) is 14.2 Å². The van der Waals surface area contributed by atoms with Gasteiger partial charge in [-0.2, -0.15) is 0 Å². The van der Waals surface area contributed by atoms with E-state index in [1.807, 2.05) is 13.1 Å². The van der Waals surface area contributed by atoms with E-state index in [9.17, 15) is 0 Å². The van der Waals surface area contributed by atoms with Crippen molar-refractivity contribution in [3.05, 3.63) is 29.8 Å². The molecule has 2 N–H and O–H groups in total. The average molecular weight is 548 g/mol. The number of nitrogens with one attached hydrogen (secondary N) is 2. The van der Waals surface area contributed by atoms with Gasteiger partial charge < -0.3 is 25.0 Å². The molecule has 0 radical (unpaired) electrons. The molecule has 0 aliphatic carbocycles. The zero-order chi connectivity index (χ0) is 21.6. The summed E-state index contributed by atoms with van der Waals surface area (Å²) in [5.74, 6) is 1.80. The van der Waals surface area contributed by atoms with Crippen molar-refractivity contribution in [1.82, 2.24) is 20.4 Å². The minimum Gasteiger partial charge on any atom is -0.496 e. The number of benzene rings is 1. The van der Waals surface area contributed by atoms with E-state index in [0.717, 1.165) is 64.0 Å². The molecule has 1 fully saturated rings. The van der Waals surface area contributed by atoms with Gasteiger partial charge in [0, 0.05) is 52.5 Å². The number of ether oxygens (including phenoxy) is 2. The van der Waals surface area contributed by atoms with Crippen molar-refractivity contribution in [2.24, 2.45) is 4.99 Å². The quantitative estimate of drug-likeness (QED) is 0.182. The van der Waals surface area contributed by atoms with Crippen LogP contribution in [-0.4, -0.2) is 89.9 Å². The molecule has 1 atom stereocenters. The molecule has 178 valence electrons. The molecule has 7 nitrogen and oxygen atoms in total. The lowest BCUT2D eigenvalue weighted by atomic mass is 10.0. The predicted octanol–water partition coefficient (Wildman–Crippen LogP) is 2.97. The fourth-order valence-electron chi connectivity index (χ4n) is 3.98. The van der Waals surface area contributed by atoms with E-state index in [1.165, 1.54) is 24.8 Å². The number of piperidine rings is 1. The number of para-hydroxylation sites is 1. The number of hydrogen-bond donors (Lipinski definition) is 2. The van der Waals surface area contributed by atoms with Crippen LogP contribution in [0, 0.1) is 0 Å². The Bertz CT molecular complexity index is 626. The summed E-state index contributed by atoms with van der Waals surface area (Å²) < 4.78 is 10.8. The summed E-state index contributed by atoms with van der Waals surface area (Å²) in [5.41, 5.74) is 1.24. The van der Waals surface area contributed by atoms with Gasteiger partial charge in [0.15, 0.2) is 5.96 Å². The fourth-order valence-corrected chi connectivity index (χ4v) is 3.98. The van der Waals surface area contributed by atoms with Crippen LogP contribution < -0.4 is 15.4 Å². The number of hydrogen-bond acceptors (Lipinski definition) is 5. The third-order valence-corrected chi connectivity index (χ3v) is 5.69. The molecule has 1 aliphatic heterocycles. The van der Waals surface area contributed by atoms with Gasteiger partial charge in [-0.15, -0.1) is 24.0 Å². The molecule has 0 aromatic heterocycles. The van der Waals surface area contributed by atoms with Gasteiger partial charge >= 0.3 is 0 Å². The van der Waals surface area contributed by atoms with Crippen LogP contribution in [0.1, 0.15) is 37.3 Å². The smallest absolute Gasteiger partial charge is 0.191 e. The molecule has 1 unspecified atom stereocenters. The van der Waals surface area contributed by atoms with E-state index in [2.05, 4.69) is 50.7 Å². The lowest BCUT2D eigenvalue weighted by molar-refractivity contribution is 0.161. The Balaban J connectivity index is 0.00000480. The first-order valence-corrected chi connectivity index (χ1v) is 11.2. The summed E-state index contributed by atoms with van der Waals surface area (Å²) in [6.45, 7) is 6.71. The molecule has 2 rings (SSSR count). The van der Waals surface area contributed by atoms with Crippen LogP contribution >= 0.6 is 24.0 Å². The van der Waals surface area contributed by atoms with Crippen molar-refractivity contribution in [3.8, 4) is 5.75 Å². The molecule has 0 bridgehead atoms. The second kappa shape index (κ2) is 16.5. The molecule has 0 saturated carbocycles. The fraction of sp³-hybridized carbons (Fsp3) is 0.696. The first-order chi connectivity index (χ1) is 14.7. The molecule has 0 spiro atoms. The Morgan fingerprint density at radius 3 is 2.55 bits per heavy atom. The Morgan fingerprint density at radius 1 is 1.13 bits per heavy atom. The van der Waals surface area contributed by atoms with Crippen LogP contribution in [0.4, 0.5) is 0 Å². The van der Waals surface area contributed by atoms with E-state index in [0.29, 0.717) is 0 Å². The summed E-state index contributed by atoms with van der Waals surface area (Å²) in [6.07, 6.45) is 4.89. The normalized spacial score (nSPS) is 16.0. The van der Waals surface area contributed by atoms with Crippen LogP contribution in [0.15, 0.2) is 29.3 Å². The number of nitrogens with zero attached hydrogens (tertiary/aromatic N) is 3. The SMILES string of the molecule is CN=C(NCCN(C)CCCOC)NCC(c1ccccc1OC)N1CCCCC1.I. The summed E-state index contributed by atoms with van der Waals surface area (Å²) in [5, 5.41) is 6.99. The van der Waals surface area contributed by atoms with Gasteiger partial charge in [0.25, 0.3) is 0 Å². The molecular weight excluding hydrogens is 505 g/mol. The first-order valence-electron chi connectivity index (χ1n) is 11.2. The predicted molar refractivity (Wildman–Crippen MR) is 140 cm³/mol. The number of halogens is 1. The maximum atomic E-state index is 5.67. The highest BCUT2D eigenvalue weighted by molar-refractivity contribution is 14.0. The van der Waals surface area contributed by atoms with Gasteiger partial charge in [0.1, 0.15) is 5.75 Å². The maximum absolute atomic E-state index is 5.67. The van der Waals surface area contributed by atoms with Crippen molar-refractivity contribution in [2.45, 2.75) is 31.7 Å². The van der Waals surface area contributed by atoms with Crippen molar-refractivity contribution < 1.29 is 9.47 Å². The lowest BCUT2D eigenvalue weighted by Crippen LogP contribution is -2.46. The summed E-state index contributed by atoms with van der Waals surface area (Å²) in [6, 6.07) is 8.63. The second-order valence-electron chi connectivity index (χ2n) is 7.88. The molecule has 0 amide bonds. The van der Waals surface area contributed by atoms with Crippen LogP contribution in [0.2, 0.25) is 0 Å². The molecule has 8 heteroatoms. The Morgan fingerprint density at radius 2 is 1.87 bits per heavy atom. The Hall–Kier alpha value is -1.10. The van der Waals surface area contributed by atoms with Crippen LogP contribution in [0.3, 0.4) is 0 Å². The van der Waals surface area contributed by atoms with Crippen LogP contribution in [0.25, 0.3) is 0 Å². The van der Waals surface area contributed by atoms with Gasteiger partial charge in [0.2, 0.25) is 0 Å². The molecule has 1 aromatic rings. The second-order valence-corrected chi connectivity index (χ2v) is 7.88. The average Bonchev–Trinajstić information content (AvgIpc) is 2.79. The van der Waals surface area contributed by atoms with Gasteiger partial charge in [-0.3, -0.25) is 9.89 Å². The molecule has 1 heterocycles. The van der Waals surface area contributed by atoms with Crippen molar-refractivity contribution in [3.63, 3.8) is 0 Å². The highest BCUT2D eigenvalue weighted by Gasteiger charge is 2.25. The summed E-state index contributed by atoms with van der Waals surface area (Å²) in [7, 11) is 7.47. The van der Waals surface area contributed by atoms with Gasteiger partial charge in [-0.05, 0) is 45.5 Å². The summed E-state index contributed by atoms with van der Waals surface area (Å²) in [4.78, 5) is 9.30. The lowest BCUT2D eigenvalue weighted by Gasteiger charge is -2.36. The van der Waals surface area contributed by atoms with Crippen molar-refractivity contribution >= 4 is 29.9 Å². The monoisotopic (exact) mass is 547 g/mol. The van der Waals surface area contributed by atoms with E-state index < -0.39 is 0 Å². The van der Waals surface area contributed by atoms with Crippen LogP contribution in [-0.2, 0) is 4.74 Å². The highest BCUT2D eigenvalue weighted by atomic mass is 127.